The van der Waals surface area contributed by atoms with E-state index in [9.17, 15) is 9.59 Å². The second kappa shape index (κ2) is 10.2. The summed E-state index contributed by atoms with van der Waals surface area (Å²) in [6.07, 6.45) is 0. The quantitative estimate of drug-likeness (QED) is 0.417. The van der Waals surface area contributed by atoms with E-state index < -0.39 is 11.8 Å². The minimum absolute atomic E-state index is 0.0414. The third-order valence-electron chi connectivity index (χ3n) is 4.06. The first-order chi connectivity index (χ1) is 14.6. The van der Waals surface area contributed by atoms with E-state index in [1.54, 1.807) is 30.3 Å². The Morgan fingerprint density at radius 1 is 0.933 bits per heavy atom. The van der Waals surface area contributed by atoms with E-state index in [1.165, 1.54) is 0 Å². The van der Waals surface area contributed by atoms with Gasteiger partial charge in [0.25, 0.3) is 11.8 Å². The first kappa shape index (κ1) is 21.1. The smallest absolute Gasteiger partial charge is 0.276 e. The van der Waals surface area contributed by atoms with Gasteiger partial charge in [-0.1, -0.05) is 42.5 Å². The van der Waals surface area contributed by atoms with Gasteiger partial charge in [-0.25, -0.2) is 0 Å². The van der Waals surface area contributed by atoms with E-state index in [4.69, 9.17) is 21.7 Å². The highest BCUT2D eigenvalue weighted by molar-refractivity contribution is 7.80. The van der Waals surface area contributed by atoms with Gasteiger partial charge in [-0.3, -0.25) is 25.8 Å². The van der Waals surface area contributed by atoms with Crippen LogP contribution in [0.5, 0.6) is 11.5 Å². The molecule has 3 aromatic rings. The third-order valence-corrected chi connectivity index (χ3v) is 4.26. The predicted molar refractivity (Wildman–Crippen MR) is 118 cm³/mol. The second-order valence-corrected chi connectivity index (χ2v) is 6.59. The van der Waals surface area contributed by atoms with Crippen LogP contribution in [0.4, 0.5) is 0 Å². The molecule has 0 aromatic heterocycles. The van der Waals surface area contributed by atoms with Crippen molar-refractivity contribution in [3.8, 4) is 11.5 Å². The van der Waals surface area contributed by atoms with Crippen LogP contribution >= 0.6 is 12.2 Å². The second-order valence-electron chi connectivity index (χ2n) is 6.18. The lowest BCUT2D eigenvalue weighted by atomic mass is 10.1. The Hall–Kier alpha value is -3.65. The van der Waals surface area contributed by atoms with Crippen LogP contribution in [0, 0.1) is 0 Å². The van der Waals surface area contributed by atoms with Gasteiger partial charge in [-0.2, -0.15) is 0 Å². The fourth-order valence-electron chi connectivity index (χ4n) is 2.73. The highest BCUT2D eigenvalue weighted by Crippen LogP contribution is 2.24. The topological polar surface area (TPSA) is 88.7 Å². The summed E-state index contributed by atoms with van der Waals surface area (Å²) in [7, 11) is 0. The molecule has 3 aromatic carbocycles. The van der Waals surface area contributed by atoms with Crippen molar-refractivity contribution < 1.29 is 19.1 Å². The van der Waals surface area contributed by atoms with Crippen molar-refractivity contribution in [2.24, 2.45) is 0 Å². The first-order valence-corrected chi connectivity index (χ1v) is 9.71. The van der Waals surface area contributed by atoms with Gasteiger partial charge in [0.2, 0.25) is 0 Å². The number of thiocarbonyl (C=S) groups is 1. The maximum atomic E-state index is 12.3. The van der Waals surface area contributed by atoms with Gasteiger partial charge in [0.1, 0.15) is 11.5 Å². The standard InChI is InChI=1S/C22H21N3O4S/c1-2-28-17-10-5-9-16(13-17)21(27)23-22(30)25-24-20(26)14-29-19-12-6-8-15-7-3-4-11-18(15)19/h3-13H,2,14H2,1H3,(H,24,26)(H2,23,25,27,30). The molecule has 0 fully saturated rings. The number of hydrogen-bond acceptors (Lipinski definition) is 5. The molecule has 0 saturated carbocycles. The zero-order chi connectivity index (χ0) is 21.3. The molecule has 8 heteroatoms. The summed E-state index contributed by atoms with van der Waals surface area (Å²) in [5.74, 6) is 0.324. The normalized spacial score (nSPS) is 10.2. The lowest BCUT2D eigenvalue weighted by Gasteiger charge is -2.12. The number of ether oxygens (including phenoxy) is 2. The third kappa shape index (κ3) is 5.68. The fraction of sp³-hybridized carbons (Fsp3) is 0.136. The van der Waals surface area contributed by atoms with Gasteiger partial charge in [0.05, 0.1) is 6.61 Å². The number of nitrogens with one attached hydrogen (secondary N) is 3. The zero-order valence-electron chi connectivity index (χ0n) is 16.3. The maximum absolute atomic E-state index is 12.3. The van der Waals surface area contributed by atoms with Crippen molar-refractivity contribution >= 4 is 39.9 Å². The zero-order valence-corrected chi connectivity index (χ0v) is 17.1. The minimum atomic E-state index is -0.446. The number of carbonyl (C=O) groups is 2. The molecule has 0 unspecified atom stereocenters. The molecular weight excluding hydrogens is 402 g/mol. The number of hydrazine groups is 1. The summed E-state index contributed by atoms with van der Waals surface area (Å²) < 4.78 is 11.0. The molecule has 0 radical (unpaired) electrons. The molecule has 0 heterocycles. The van der Waals surface area contributed by atoms with Gasteiger partial charge >= 0.3 is 0 Å². The molecule has 0 spiro atoms. The molecule has 0 aliphatic heterocycles. The van der Waals surface area contributed by atoms with E-state index in [0.717, 1.165) is 10.8 Å². The van der Waals surface area contributed by atoms with Crippen molar-refractivity contribution in [1.29, 1.82) is 0 Å². The predicted octanol–water partition coefficient (Wildman–Crippen LogP) is 2.95. The largest absolute Gasteiger partial charge is 0.494 e. The lowest BCUT2D eigenvalue weighted by Crippen LogP contribution is -2.49. The molecule has 0 aliphatic carbocycles. The fourth-order valence-corrected chi connectivity index (χ4v) is 2.87. The van der Waals surface area contributed by atoms with Crippen molar-refractivity contribution in [2.45, 2.75) is 6.92 Å². The van der Waals surface area contributed by atoms with Gasteiger partial charge in [-0.05, 0) is 48.8 Å². The van der Waals surface area contributed by atoms with Crippen LogP contribution in [0.3, 0.4) is 0 Å². The number of hydrogen-bond donors (Lipinski definition) is 3. The Labute approximate surface area is 179 Å². The molecule has 0 atom stereocenters. The van der Waals surface area contributed by atoms with Crippen LogP contribution in [0.1, 0.15) is 17.3 Å². The first-order valence-electron chi connectivity index (χ1n) is 9.30. The Morgan fingerprint density at radius 3 is 2.53 bits per heavy atom. The van der Waals surface area contributed by atoms with Gasteiger partial charge < -0.3 is 9.47 Å². The van der Waals surface area contributed by atoms with Gasteiger partial charge in [0.15, 0.2) is 11.7 Å². The van der Waals surface area contributed by atoms with Crippen molar-refractivity contribution in [3.63, 3.8) is 0 Å². The Bertz CT molecular complexity index is 1070. The molecule has 3 rings (SSSR count). The van der Waals surface area contributed by atoms with E-state index in [1.807, 2.05) is 43.3 Å². The number of carbonyl (C=O) groups excluding carboxylic acids is 2. The van der Waals surface area contributed by atoms with Crippen LogP contribution in [-0.2, 0) is 4.79 Å². The summed E-state index contributed by atoms with van der Waals surface area (Å²) in [6, 6.07) is 20.1. The number of fused-ring (bicyclic) bond motifs is 1. The van der Waals surface area contributed by atoms with E-state index in [0.29, 0.717) is 23.7 Å². The molecule has 154 valence electrons. The van der Waals surface area contributed by atoms with E-state index >= 15 is 0 Å². The SMILES string of the molecule is CCOc1cccc(C(=O)NC(=S)NNC(=O)COc2cccc3ccccc23)c1. The van der Waals surface area contributed by atoms with Crippen LogP contribution < -0.4 is 25.6 Å². The number of rotatable bonds is 6. The van der Waals surface area contributed by atoms with Crippen molar-refractivity contribution in [1.82, 2.24) is 16.2 Å². The Kier molecular flexibility index (Phi) is 7.18. The number of benzene rings is 3. The molecule has 0 bridgehead atoms. The average Bonchev–Trinajstić information content (AvgIpc) is 2.76. The average molecular weight is 423 g/mol. The van der Waals surface area contributed by atoms with Crippen LogP contribution in [0.25, 0.3) is 10.8 Å². The molecule has 3 N–H and O–H groups in total. The van der Waals surface area contributed by atoms with Crippen molar-refractivity contribution in [3.05, 3.63) is 72.3 Å². The molecule has 0 aliphatic rings. The summed E-state index contributed by atoms with van der Waals surface area (Å²) in [5.41, 5.74) is 5.26. The maximum Gasteiger partial charge on any atom is 0.276 e. The monoisotopic (exact) mass is 423 g/mol. The van der Waals surface area contributed by atoms with Gasteiger partial charge in [-0.15, -0.1) is 0 Å². The molecule has 30 heavy (non-hydrogen) atoms. The molecule has 7 nitrogen and oxygen atoms in total. The minimum Gasteiger partial charge on any atom is -0.494 e. The van der Waals surface area contributed by atoms with Gasteiger partial charge in [0, 0.05) is 10.9 Å². The lowest BCUT2D eigenvalue weighted by molar-refractivity contribution is -0.123. The molecule has 2 amide bonds. The summed E-state index contributed by atoms with van der Waals surface area (Å²) in [4.78, 5) is 24.3. The summed E-state index contributed by atoms with van der Waals surface area (Å²) >= 11 is 5.04. The summed E-state index contributed by atoms with van der Waals surface area (Å²) in [6.45, 7) is 2.14. The van der Waals surface area contributed by atoms with Crippen molar-refractivity contribution in [2.75, 3.05) is 13.2 Å². The van der Waals surface area contributed by atoms with E-state index in [-0.39, 0.29) is 11.7 Å². The molecule has 0 saturated heterocycles. The van der Waals surface area contributed by atoms with Crippen LogP contribution in [0.2, 0.25) is 0 Å². The Balaban J connectivity index is 1.47. The van der Waals surface area contributed by atoms with Crippen LogP contribution in [0.15, 0.2) is 66.7 Å². The van der Waals surface area contributed by atoms with Crippen LogP contribution in [-0.4, -0.2) is 30.1 Å². The summed E-state index contributed by atoms with van der Waals surface area (Å²) in [5, 5.41) is 4.38. The highest BCUT2D eigenvalue weighted by Gasteiger charge is 2.10. The van der Waals surface area contributed by atoms with E-state index in [2.05, 4.69) is 16.2 Å². The number of amides is 2. The molecular formula is C22H21N3O4S. The Morgan fingerprint density at radius 2 is 1.70 bits per heavy atom. The highest BCUT2D eigenvalue weighted by atomic mass is 32.1.